The fourth-order valence-corrected chi connectivity index (χ4v) is 8.63. The minimum atomic E-state index is 1.15. The zero-order valence-corrected chi connectivity index (χ0v) is 30.1. The average molecular weight is 675 g/mol. The smallest absolute Gasteiger partial charge is 0.0468 e. The molecule has 0 aliphatic rings. The van der Waals surface area contributed by atoms with E-state index in [9.17, 15) is 0 Å². The van der Waals surface area contributed by atoms with Crippen molar-refractivity contribution in [1.82, 2.24) is 0 Å². The van der Waals surface area contributed by atoms with Crippen LogP contribution in [0, 0.1) is 27.7 Å². The Kier molecular flexibility index (Phi) is 7.60. The van der Waals surface area contributed by atoms with Crippen molar-refractivity contribution in [2.45, 2.75) is 27.7 Å². The molecule has 8 aromatic carbocycles. The third-order valence-corrected chi connectivity index (χ3v) is 11.1. The molecule has 0 fully saturated rings. The number of fused-ring (bicyclic) bond motifs is 7. The standard InChI is InChI=1S/C48H38N2S/c1-31-11-17-37(18-12-31)49(39-9-5-7-33(3)27-39)41-21-23-43-35(29-41)15-25-45-47(43)48-44-24-22-42(30-36(44)16-26-46(48)51-45)50(38-19-13-32(2)14-20-38)40-10-6-8-34(4)28-40/h5-30H,1-4H3. The molecule has 51 heavy (non-hydrogen) atoms. The van der Waals surface area contributed by atoms with Gasteiger partial charge in [0.2, 0.25) is 0 Å². The highest BCUT2D eigenvalue weighted by molar-refractivity contribution is 7.26. The Morgan fingerprint density at radius 3 is 1.14 bits per heavy atom. The van der Waals surface area contributed by atoms with E-state index >= 15 is 0 Å². The Labute approximate surface area is 303 Å². The lowest BCUT2D eigenvalue weighted by Gasteiger charge is -2.26. The van der Waals surface area contributed by atoms with Crippen LogP contribution in [0.15, 0.2) is 158 Å². The van der Waals surface area contributed by atoms with Crippen LogP contribution in [0.5, 0.6) is 0 Å². The molecule has 0 N–H and O–H groups in total. The summed E-state index contributed by atoms with van der Waals surface area (Å²) >= 11 is 1.88. The van der Waals surface area contributed by atoms with Gasteiger partial charge in [-0.2, -0.15) is 0 Å². The van der Waals surface area contributed by atoms with Crippen molar-refractivity contribution < 1.29 is 0 Å². The second kappa shape index (κ2) is 12.5. The molecule has 9 rings (SSSR count). The van der Waals surface area contributed by atoms with Gasteiger partial charge in [-0.25, -0.2) is 0 Å². The monoisotopic (exact) mass is 674 g/mol. The van der Waals surface area contributed by atoms with Gasteiger partial charge in [-0.15, -0.1) is 11.3 Å². The van der Waals surface area contributed by atoms with Crippen LogP contribution >= 0.6 is 11.3 Å². The van der Waals surface area contributed by atoms with E-state index < -0.39 is 0 Å². The molecule has 0 atom stereocenters. The van der Waals surface area contributed by atoms with Crippen molar-refractivity contribution in [1.29, 1.82) is 0 Å². The number of benzene rings is 8. The summed E-state index contributed by atoms with van der Waals surface area (Å²) in [4.78, 5) is 4.74. The molecular formula is C48H38N2S. The average Bonchev–Trinajstić information content (AvgIpc) is 3.53. The van der Waals surface area contributed by atoms with Crippen molar-refractivity contribution >= 4 is 87.2 Å². The zero-order chi connectivity index (χ0) is 34.6. The molecule has 3 heteroatoms. The molecule has 9 aromatic rings. The maximum atomic E-state index is 2.37. The Morgan fingerprint density at radius 2 is 0.725 bits per heavy atom. The summed E-state index contributed by atoms with van der Waals surface area (Å²) in [6.07, 6.45) is 0. The predicted octanol–water partition coefficient (Wildman–Crippen LogP) is 14.5. The van der Waals surface area contributed by atoms with E-state index in [1.54, 1.807) is 0 Å². The number of hydrogen-bond donors (Lipinski definition) is 0. The van der Waals surface area contributed by atoms with Gasteiger partial charge in [-0.3, -0.25) is 0 Å². The highest BCUT2D eigenvalue weighted by Crippen LogP contribution is 2.45. The number of rotatable bonds is 6. The number of thiophene rings is 1. The molecule has 0 saturated heterocycles. The fourth-order valence-electron chi connectivity index (χ4n) is 7.49. The molecule has 0 bridgehead atoms. The Morgan fingerprint density at radius 1 is 0.333 bits per heavy atom. The van der Waals surface area contributed by atoms with Crippen LogP contribution in [0.2, 0.25) is 0 Å². The maximum absolute atomic E-state index is 2.37. The van der Waals surface area contributed by atoms with Gasteiger partial charge >= 0.3 is 0 Å². The van der Waals surface area contributed by atoms with E-state index in [1.807, 2.05) is 11.3 Å². The summed E-state index contributed by atoms with van der Waals surface area (Å²) in [7, 11) is 0. The number of aryl methyl sites for hydroxylation is 4. The van der Waals surface area contributed by atoms with E-state index in [0.717, 1.165) is 34.1 Å². The van der Waals surface area contributed by atoms with Gasteiger partial charge in [0, 0.05) is 54.3 Å². The van der Waals surface area contributed by atoms with Gasteiger partial charge in [0.25, 0.3) is 0 Å². The first kappa shape index (κ1) is 31.1. The van der Waals surface area contributed by atoms with Gasteiger partial charge < -0.3 is 9.80 Å². The molecule has 0 unspecified atom stereocenters. The van der Waals surface area contributed by atoms with Crippen molar-refractivity contribution in [3.05, 3.63) is 180 Å². The third kappa shape index (κ3) is 5.60. The lowest BCUT2D eigenvalue weighted by atomic mass is 9.98. The molecule has 0 aliphatic heterocycles. The minimum Gasteiger partial charge on any atom is -0.310 e. The Bertz CT molecular complexity index is 2550. The third-order valence-electron chi connectivity index (χ3n) is 10.0. The van der Waals surface area contributed by atoms with Crippen LogP contribution in [-0.2, 0) is 0 Å². The zero-order valence-electron chi connectivity index (χ0n) is 29.3. The van der Waals surface area contributed by atoms with E-state index in [1.165, 1.54) is 64.0 Å². The van der Waals surface area contributed by atoms with Crippen molar-refractivity contribution in [2.75, 3.05) is 9.80 Å². The first-order valence-electron chi connectivity index (χ1n) is 17.6. The lowest BCUT2D eigenvalue weighted by molar-refractivity contribution is 1.27. The molecule has 0 amide bonds. The van der Waals surface area contributed by atoms with Crippen molar-refractivity contribution in [3.8, 4) is 0 Å². The summed E-state index contributed by atoms with van der Waals surface area (Å²) in [6.45, 7) is 8.60. The largest absolute Gasteiger partial charge is 0.310 e. The van der Waals surface area contributed by atoms with Gasteiger partial charge in [0.1, 0.15) is 0 Å². The summed E-state index contributed by atoms with van der Waals surface area (Å²) < 4.78 is 2.63. The Hall–Kier alpha value is -5.90. The number of hydrogen-bond acceptors (Lipinski definition) is 3. The highest BCUT2D eigenvalue weighted by Gasteiger charge is 2.18. The fraction of sp³-hybridized carbons (Fsp3) is 0.0833. The van der Waals surface area contributed by atoms with Gasteiger partial charge in [-0.05, 0) is 145 Å². The normalized spacial score (nSPS) is 11.5. The van der Waals surface area contributed by atoms with Crippen molar-refractivity contribution in [3.63, 3.8) is 0 Å². The van der Waals surface area contributed by atoms with E-state index in [2.05, 4.69) is 195 Å². The summed E-state index contributed by atoms with van der Waals surface area (Å²) in [5.74, 6) is 0. The van der Waals surface area contributed by atoms with Crippen LogP contribution in [-0.4, -0.2) is 0 Å². The molecule has 246 valence electrons. The van der Waals surface area contributed by atoms with Crippen LogP contribution in [0.1, 0.15) is 22.3 Å². The Balaban J connectivity index is 1.21. The second-order valence-corrected chi connectivity index (χ2v) is 14.9. The summed E-state index contributed by atoms with van der Waals surface area (Å²) in [6, 6.07) is 58.3. The molecule has 0 saturated carbocycles. The van der Waals surface area contributed by atoms with Gasteiger partial charge in [-0.1, -0.05) is 83.9 Å². The number of nitrogens with zero attached hydrogens (tertiary/aromatic N) is 2. The molecule has 1 aromatic heterocycles. The molecule has 0 spiro atoms. The van der Waals surface area contributed by atoms with E-state index in [0.29, 0.717) is 0 Å². The maximum Gasteiger partial charge on any atom is 0.0468 e. The first-order valence-corrected chi connectivity index (χ1v) is 18.4. The lowest BCUT2D eigenvalue weighted by Crippen LogP contribution is -2.10. The van der Waals surface area contributed by atoms with E-state index in [4.69, 9.17) is 0 Å². The minimum absolute atomic E-state index is 1.15. The second-order valence-electron chi connectivity index (χ2n) is 13.8. The van der Waals surface area contributed by atoms with Gasteiger partial charge in [0.15, 0.2) is 0 Å². The molecule has 0 aliphatic carbocycles. The van der Waals surface area contributed by atoms with Crippen LogP contribution in [0.3, 0.4) is 0 Å². The summed E-state index contributed by atoms with van der Waals surface area (Å²) in [5, 5.41) is 7.72. The molecule has 1 heterocycles. The first-order chi connectivity index (χ1) is 24.9. The van der Waals surface area contributed by atoms with Crippen LogP contribution < -0.4 is 9.80 Å². The molecular weight excluding hydrogens is 637 g/mol. The molecule has 0 radical (unpaired) electrons. The van der Waals surface area contributed by atoms with Crippen molar-refractivity contribution in [2.24, 2.45) is 0 Å². The SMILES string of the molecule is Cc1ccc(N(c2cccc(C)c2)c2ccc3c(ccc4sc5ccc6cc(N(c7ccc(C)cc7)c7cccc(C)c7)ccc6c5c43)c2)cc1. The van der Waals surface area contributed by atoms with E-state index in [-0.39, 0.29) is 0 Å². The van der Waals surface area contributed by atoms with Crippen LogP contribution in [0.25, 0.3) is 41.7 Å². The predicted molar refractivity (Wildman–Crippen MR) is 223 cm³/mol. The van der Waals surface area contributed by atoms with Gasteiger partial charge in [0.05, 0.1) is 0 Å². The number of anilines is 6. The quantitative estimate of drug-likeness (QED) is 0.173. The molecule has 2 nitrogen and oxygen atoms in total. The highest BCUT2D eigenvalue weighted by atomic mass is 32.1. The summed E-state index contributed by atoms with van der Waals surface area (Å²) in [5.41, 5.74) is 11.9. The topological polar surface area (TPSA) is 6.48 Å². The van der Waals surface area contributed by atoms with Crippen LogP contribution in [0.4, 0.5) is 34.1 Å².